The second-order valence-corrected chi connectivity index (χ2v) is 16.3. The molecule has 3 heterocycles. The van der Waals surface area contributed by atoms with E-state index in [-0.39, 0.29) is 43.1 Å². The molecule has 7 rings (SSSR count). The molecule has 0 aliphatic heterocycles. The van der Waals surface area contributed by atoms with Gasteiger partial charge in [-0.2, -0.15) is 0 Å². The molecule has 6 nitrogen and oxygen atoms in total. The third-order valence-corrected chi connectivity index (χ3v) is 9.48. The van der Waals surface area contributed by atoms with Gasteiger partial charge < -0.3 is 14.7 Å². The number of phenolic OH excluding ortho intramolecular Hbond substituents is 1. The number of pyridine rings is 1. The van der Waals surface area contributed by atoms with Crippen molar-refractivity contribution >= 4 is 22.1 Å². The van der Waals surface area contributed by atoms with E-state index in [1.807, 2.05) is 30.6 Å². The van der Waals surface area contributed by atoms with Crippen LogP contribution >= 0.6 is 0 Å². The summed E-state index contributed by atoms with van der Waals surface area (Å²) in [4.78, 5) is 19.5. The van der Waals surface area contributed by atoms with Gasteiger partial charge in [0.1, 0.15) is 5.75 Å². The van der Waals surface area contributed by atoms with Crippen LogP contribution in [0.5, 0.6) is 5.75 Å². The van der Waals surface area contributed by atoms with E-state index in [2.05, 4.69) is 126 Å². The van der Waals surface area contributed by atoms with Crippen LogP contribution in [0.1, 0.15) is 79.0 Å². The Kier molecular flexibility index (Phi) is 9.31. The molecule has 0 amide bonds. The third kappa shape index (κ3) is 6.87. The van der Waals surface area contributed by atoms with Gasteiger partial charge in [0.15, 0.2) is 0 Å². The molecule has 4 aromatic carbocycles. The number of aromatic nitrogens is 5. The molecule has 0 unspecified atom stereocenters. The first-order valence-electron chi connectivity index (χ1n) is 17.2. The number of fused-ring (bicyclic) bond motifs is 2. The maximum absolute atomic E-state index is 11.2. The molecule has 0 aliphatic rings. The maximum Gasteiger partial charge on any atom is 0.123 e. The van der Waals surface area contributed by atoms with Crippen molar-refractivity contribution in [3.63, 3.8) is 0 Å². The van der Waals surface area contributed by atoms with Gasteiger partial charge in [-0.15, -0.1) is 6.07 Å². The van der Waals surface area contributed by atoms with Gasteiger partial charge in [0, 0.05) is 50.3 Å². The number of hydrogen-bond acceptors (Lipinski definition) is 5. The summed E-state index contributed by atoms with van der Waals surface area (Å²) < 4.78 is 2.18. The van der Waals surface area contributed by atoms with Crippen molar-refractivity contribution in [2.75, 3.05) is 0 Å². The molecule has 1 N–H and O–H groups in total. The van der Waals surface area contributed by atoms with Crippen LogP contribution in [0, 0.1) is 6.07 Å². The zero-order chi connectivity index (χ0) is 35.6. The van der Waals surface area contributed by atoms with Gasteiger partial charge in [0.05, 0.1) is 27.9 Å². The Hall–Kier alpha value is -4.67. The summed E-state index contributed by atoms with van der Waals surface area (Å²) in [5.41, 5.74) is 11.8. The summed E-state index contributed by atoms with van der Waals surface area (Å²) in [6.07, 6.45) is 7.12. The molecule has 0 spiro atoms. The predicted molar refractivity (Wildman–Crippen MR) is 205 cm³/mol. The first kappa shape index (κ1) is 36.1. The average molecular weight is 854 g/mol. The summed E-state index contributed by atoms with van der Waals surface area (Å²) in [5, 5.41) is 11.2. The van der Waals surface area contributed by atoms with Crippen LogP contribution in [0.25, 0.3) is 61.4 Å². The van der Waals surface area contributed by atoms with Crippen molar-refractivity contribution in [3.05, 3.63) is 120 Å². The van der Waals surface area contributed by atoms with Crippen LogP contribution in [0.4, 0.5) is 0 Å². The second-order valence-electron chi connectivity index (χ2n) is 16.3. The van der Waals surface area contributed by atoms with E-state index in [1.54, 1.807) is 18.5 Å². The molecule has 0 atom stereocenters. The second kappa shape index (κ2) is 13.1. The topological polar surface area (TPSA) is 76.7 Å². The van der Waals surface area contributed by atoms with Crippen molar-refractivity contribution in [1.29, 1.82) is 0 Å². The smallest absolute Gasteiger partial charge is 0.123 e. The van der Waals surface area contributed by atoms with Crippen LogP contribution < -0.4 is 0 Å². The fraction of sp³-hybridized carbons (Fsp3) is 0.273. The van der Waals surface area contributed by atoms with Crippen molar-refractivity contribution in [2.45, 2.75) is 78.6 Å². The quantitative estimate of drug-likeness (QED) is 0.179. The van der Waals surface area contributed by atoms with E-state index in [4.69, 9.17) is 15.0 Å². The number of rotatable bonds is 4. The van der Waals surface area contributed by atoms with E-state index in [0.29, 0.717) is 5.82 Å². The summed E-state index contributed by atoms with van der Waals surface area (Å²) >= 11 is 0. The molecule has 262 valence electrons. The molecular weight excluding hydrogens is 810 g/mol. The molecule has 0 aliphatic carbocycles. The van der Waals surface area contributed by atoms with Gasteiger partial charge in [0.25, 0.3) is 0 Å². The molecule has 3 aromatic heterocycles. The minimum Gasteiger partial charge on any atom is -0.507 e. The van der Waals surface area contributed by atoms with Gasteiger partial charge in [-0.25, -0.2) is 0 Å². The Balaban J connectivity index is 0.00000448. The summed E-state index contributed by atoms with van der Waals surface area (Å²) in [7, 11) is 0. The fourth-order valence-electron chi connectivity index (χ4n) is 6.45. The number of benzene rings is 4. The van der Waals surface area contributed by atoms with Crippen LogP contribution in [-0.2, 0) is 37.3 Å². The SMILES string of the molecule is CC(C)(C)c1ccc(-n2c(-c3[c-]c(-c4cc(C(C)(C)C)cc5nccnc45)cnc3)nc3c(-c4cc(C(C)(C)C)ccc4O)cccc32)cc1.[Pt]. The molecule has 0 fully saturated rings. The van der Waals surface area contributed by atoms with E-state index < -0.39 is 0 Å². The molecule has 7 aromatic rings. The number of nitrogens with zero attached hydrogens (tertiary/aromatic N) is 5. The zero-order valence-electron chi connectivity index (χ0n) is 30.7. The van der Waals surface area contributed by atoms with Crippen LogP contribution in [-0.4, -0.2) is 29.6 Å². The monoisotopic (exact) mass is 853 g/mol. The normalized spacial score (nSPS) is 12.3. The first-order valence-corrected chi connectivity index (χ1v) is 17.2. The third-order valence-electron chi connectivity index (χ3n) is 9.48. The number of hydrogen-bond donors (Lipinski definition) is 1. The minimum absolute atomic E-state index is 0. The molecule has 7 heteroatoms. The zero-order valence-corrected chi connectivity index (χ0v) is 33.0. The largest absolute Gasteiger partial charge is 0.507 e. The van der Waals surface area contributed by atoms with Crippen molar-refractivity contribution in [1.82, 2.24) is 24.5 Å². The Morgan fingerprint density at radius 1 is 0.608 bits per heavy atom. The molecule has 0 bridgehead atoms. The number of imidazole rings is 1. The fourth-order valence-corrected chi connectivity index (χ4v) is 6.45. The van der Waals surface area contributed by atoms with Gasteiger partial charge in [0.2, 0.25) is 0 Å². The number of phenols is 1. The van der Waals surface area contributed by atoms with Crippen LogP contribution in [0.3, 0.4) is 0 Å². The van der Waals surface area contributed by atoms with E-state index in [0.717, 1.165) is 66.7 Å². The van der Waals surface area contributed by atoms with Crippen LogP contribution in [0.15, 0.2) is 97.6 Å². The summed E-state index contributed by atoms with van der Waals surface area (Å²) in [5.74, 6) is 0.928. The maximum atomic E-state index is 11.2. The predicted octanol–water partition coefficient (Wildman–Crippen LogP) is 10.8. The van der Waals surface area contributed by atoms with Crippen LogP contribution in [0.2, 0.25) is 0 Å². The number of aromatic hydroxyl groups is 1. The first-order chi connectivity index (χ1) is 23.6. The Morgan fingerprint density at radius 2 is 1.24 bits per heavy atom. The number of para-hydroxylation sites is 1. The van der Waals surface area contributed by atoms with Gasteiger partial charge in [-0.05, 0) is 81.7 Å². The molecule has 51 heavy (non-hydrogen) atoms. The van der Waals surface area contributed by atoms with E-state index in [9.17, 15) is 5.11 Å². The van der Waals surface area contributed by atoms with Gasteiger partial charge in [-0.3, -0.25) is 15.0 Å². The Morgan fingerprint density at radius 3 is 1.92 bits per heavy atom. The standard InChI is InChI=1S/C44H44N5O.Pt/c1-42(2,3)29-13-16-32(17-14-29)49-37-12-10-11-33(35-22-30(43(4,5)6)15-18-38(35)50)40(37)48-41(49)28-21-27(25-45-26-28)34-23-31(44(7,8)9)24-36-39(34)47-20-19-46-36;/h10-20,22-26,50H,1-9H3;/q-1;. The van der Waals surface area contributed by atoms with Gasteiger partial charge in [-0.1, -0.05) is 115 Å². The molecule has 0 radical (unpaired) electrons. The van der Waals surface area contributed by atoms with Crippen molar-refractivity contribution in [3.8, 4) is 45.1 Å². The van der Waals surface area contributed by atoms with E-state index in [1.165, 1.54) is 5.56 Å². The Labute approximate surface area is 315 Å². The molecule has 0 saturated heterocycles. The Bertz CT molecular complexity index is 2390. The minimum atomic E-state index is -0.0923. The van der Waals surface area contributed by atoms with Crippen molar-refractivity contribution in [2.24, 2.45) is 0 Å². The van der Waals surface area contributed by atoms with Crippen molar-refractivity contribution < 1.29 is 26.2 Å². The average Bonchev–Trinajstić information content (AvgIpc) is 3.47. The van der Waals surface area contributed by atoms with E-state index >= 15 is 0 Å². The van der Waals surface area contributed by atoms with Gasteiger partial charge >= 0.3 is 0 Å². The molecule has 0 saturated carbocycles. The summed E-state index contributed by atoms with van der Waals surface area (Å²) in [6.45, 7) is 19.8. The molecular formula is C44H44N5OPt-. The summed E-state index contributed by atoms with van der Waals surface area (Å²) in [6, 6.07) is 28.7.